The quantitative estimate of drug-likeness (QED) is 0.332. The molecule has 0 aliphatic heterocycles. The number of aromatic nitrogens is 1. The van der Waals surface area contributed by atoms with Gasteiger partial charge in [-0.1, -0.05) is 40.2 Å². The van der Waals surface area contributed by atoms with Crippen LogP contribution in [0.2, 0.25) is 0 Å². The summed E-state index contributed by atoms with van der Waals surface area (Å²) in [5, 5.41) is 13.1. The first-order valence-electron chi connectivity index (χ1n) is 7.28. The van der Waals surface area contributed by atoms with Crippen molar-refractivity contribution in [1.29, 1.82) is 0 Å². The highest BCUT2D eigenvalue weighted by molar-refractivity contribution is 9.10. The van der Waals surface area contributed by atoms with Crippen LogP contribution in [0.5, 0.6) is 0 Å². The lowest BCUT2D eigenvalue weighted by atomic mass is 10.0. The van der Waals surface area contributed by atoms with Crippen molar-refractivity contribution in [2.75, 3.05) is 0 Å². The lowest BCUT2D eigenvalue weighted by Gasteiger charge is -2.04. The first-order chi connectivity index (χ1) is 11.5. The third-order valence-electron chi connectivity index (χ3n) is 3.97. The van der Waals surface area contributed by atoms with Gasteiger partial charge in [0.25, 0.3) is 5.69 Å². The molecule has 24 heavy (non-hydrogen) atoms. The fourth-order valence-corrected chi connectivity index (χ4v) is 3.36. The molecule has 4 rings (SSSR count). The standard InChI is InChI=1S/C18H11BrN2O3/c1-10-8-11(21(22)23)9-16-17(10)24-18(20-16)14-6-2-5-13-12(14)4-3-7-15(13)19/h2-9H,1H3. The van der Waals surface area contributed by atoms with Crippen LogP contribution in [0, 0.1) is 17.0 Å². The van der Waals surface area contributed by atoms with Crippen LogP contribution in [0.15, 0.2) is 57.4 Å². The van der Waals surface area contributed by atoms with Gasteiger partial charge in [-0.2, -0.15) is 0 Å². The van der Waals surface area contributed by atoms with Gasteiger partial charge in [-0.15, -0.1) is 0 Å². The highest BCUT2D eigenvalue weighted by Gasteiger charge is 2.17. The van der Waals surface area contributed by atoms with E-state index in [0.717, 1.165) is 20.8 Å². The van der Waals surface area contributed by atoms with Gasteiger partial charge in [0.15, 0.2) is 5.58 Å². The number of fused-ring (bicyclic) bond motifs is 2. The number of hydrogen-bond acceptors (Lipinski definition) is 4. The van der Waals surface area contributed by atoms with Gasteiger partial charge in [-0.3, -0.25) is 10.1 Å². The van der Waals surface area contributed by atoms with Crippen molar-refractivity contribution in [3.63, 3.8) is 0 Å². The van der Waals surface area contributed by atoms with Gasteiger partial charge in [0, 0.05) is 27.7 Å². The minimum atomic E-state index is -0.421. The number of nitro groups is 1. The lowest BCUT2D eigenvalue weighted by molar-refractivity contribution is -0.384. The Balaban J connectivity index is 1.99. The molecule has 6 heteroatoms. The Morgan fingerprint density at radius 2 is 1.88 bits per heavy atom. The molecule has 3 aromatic carbocycles. The predicted molar refractivity (Wildman–Crippen MR) is 96.0 cm³/mol. The van der Waals surface area contributed by atoms with Crippen molar-refractivity contribution in [3.8, 4) is 11.5 Å². The topological polar surface area (TPSA) is 69.2 Å². The second kappa shape index (κ2) is 5.42. The van der Waals surface area contributed by atoms with Crippen molar-refractivity contribution < 1.29 is 9.34 Å². The zero-order valence-electron chi connectivity index (χ0n) is 12.6. The summed E-state index contributed by atoms with van der Waals surface area (Å²) in [6.45, 7) is 1.78. The molecular weight excluding hydrogens is 372 g/mol. The van der Waals surface area contributed by atoms with Gasteiger partial charge in [0.05, 0.1) is 4.92 Å². The molecule has 1 heterocycles. The number of oxazole rings is 1. The molecule has 0 aliphatic rings. The molecule has 1 aromatic heterocycles. The molecule has 0 atom stereocenters. The van der Waals surface area contributed by atoms with Crippen LogP contribution in [-0.4, -0.2) is 9.91 Å². The molecule has 5 nitrogen and oxygen atoms in total. The molecule has 0 amide bonds. The zero-order chi connectivity index (χ0) is 16.8. The van der Waals surface area contributed by atoms with E-state index in [-0.39, 0.29) is 5.69 Å². The number of nitrogens with zero attached hydrogens (tertiary/aromatic N) is 2. The normalized spacial score (nSPS) is 11.2. The molecule has 0 N–H and O–H groups in total. The van der Waals surface area contributed by atoms with Crippen molar-refractivity contribution in [2.45, 2.75) is 6.92 Å². The highest BCUT2D eigenvalue weighted by Crippen LogP contribution is 2.35. The summed E-state index contributed by atoms with van der Waals surface area (Å²) in [7, 11) is 0. The summed E-state index contributed by atoms with van der Waals surface area (Å²) >= 11 is 3.55. The molecular formula is C18H11BrN2O3. The molecule has 0 saturated carbocycles. The van der Waals surface area contributed by atoms with Gasteiger partial charge >= 0.3 is 0 Å². The van der Waals surface area contributed by atoms with Crippen molar-refractivity contribution in [2.24, 2.45) is 0 Å². The Hall–Kier alpha value is -2.73. The molecule has 0 unspecified atom stereocenters. The summed E-state index contributed by atoms with van der Waals surface area (Å²) in [6, 6.07) is 14.8. The summed E-state index contributed by atoms with van der Waals surface area (Å²) in [4.78, 5) is 15.1. The number of rotatable bonds is 2. The maximum atomic E-state index is 11.0. The van der Waals surface area contributed by atoms with Gasteiger partial charge in [-0.25, -0.2) is 4.98 Å². The number of non-ortho nitro benzene ring substituents is 1. The Kier molecular flexibility index (Phi) is 3.35. The minimum Gasteiger partial charge on any atom is -0.436 e. The average molecular weight is 383 g/mol. The Morgan fingerprint density at radius 1 is 1.12 bits per heavy atom. The van der Waals surface area contributed by atoms with Crippen molar-refractivity contribution in [3.05, 3.63) is 68.7 Å². The van der Waals surface area contributed by atoms with Crippen LogP contribution in [0.1, 0.15) is 5.56 Å². The Bertz CT molecular complexity index is 1120. The van der Waals surface area contributed by atoms with E-state index in [4.69, 9.17) is 4.42 Å². The molecule has 0 bridgehead atoms. The van der Waals surface area contributed by atoms with Crippen LogP contribution in [0.3, 0.4) is 0 Å². The Morgan fingerprint density at radius 3 is 2.67 bits per heavy atom. The number of aryl methyl sites for hydroxylation is 1. The lowest BCUT2D eigenvalue weighted by Crippen LogP contribution is -1.88. The fourth-order valence-electron chi connectivity index (χ4n) is 2.86. The summed E-state index contributed by atoms with van der Waals surface area (Å²) in [5.41, 5.74) is 2.62. The summed E-state index contributed by atoms with van der Waals surface area (Å²) in [5.74, 6) is 0.456. The van der Waals surface area contributed by atoms with Gasteiger partial charge < -0.3 is 4.42 Å². The van der Waals surface area contributed by atoms with E-state index in [1.54, 1.807) is 6.92 Å². The fraction of sp³-hybridized carbons (Fsp3) is 0.0556. The third-order valence-corrected chi connectivity index (χ3v) is 4.66. The van der Waals surface area contributed by atoms with E-state index in [9.17, 15) is 10.1 Å². The molecule has 0 aliphatic carbocycles. The first kappa shape index (κ1) is 14.8. The van der Waals surface area contributed by atoms with E-state index in [2.05, 4.69) is 20.9 Å². The van der Waals surface area contributed by atoms with Gasteiger partial charge in [-0.05, 0) is 29.8 Å². The second-order valence-corrected chi connectivity index (χ2v) is 6.38. The molecule has 118 valence electrons. The van der Waals surface area contributed by atoms with E-state index in [1.165, 1.54) is 12.1 Å². The van der Waals surface area contributed by atoms with Crippen LogP contribution < -0.4 is 0 Å². The SMILES string of the molecule is Cc1cc([N+](=O)[O-])cc2nc(-c3cccc4c(Br)cccc34)oc12. The number of benzene rings is 3. The molecule has 0 radical (unpaired) electrons. The smallest absolute Gasteiger partial charge is 0.272 e. The summed E-state index contributed by atoms with van der Waals surface area (Å²) in [6.07, 6.45) is 0. The van der Waals surface area contributed by atoms with Gasteiger partial charge in [0.1, 0.15) is 5.52 Å². The number of hydrogen-bond donors (Lipinski definition) is 0. The van der Waals surface area contributed by atoms with Crippen molar-refractivity contribution >= 4 is 43.5 Å². The van der Waals surface area contributed by atoms with Crippen LogP contribution in [0.4, 0.5) is 5.69 Å². The zero-order valence-corrected chi connectivity index (χ0v) is 14.2. The summed E-state index contributed by atoms with van der Waals surface area (Å²) < 4.78 is 6.91. The van der Waals surface area contributed by atoms with Crippen LogP contribution in [-0.2, 0) is 0 Å². The van der Waals surface area contributed by atoms with Crippen molar-refractivity contribution in [1.82, 2.24) is 4.98 Å². The number of nitro benzene ring substituents is 1. The van der Waals surface area contributed by atoms with Crippen LogP contribution in [0.25, 0.3) is 33.3 Å². The second-order valence-electron chi connectivity index (χ2n) is 5.53. The molecule has 0 spiro atoms. The average Bonchev–Trinajstić information content (AvgIpc) is 2.99. The third kappa shape index (κ3) is 2.27. The monoisotopic (exact) mass is 382 g/mol. The number of halogens is 1. The molecule has 0 saturated heterocycles. The predicted octanol–water partition coefficient (Wildman–Crippen LogP) is 5.63. The first-order valence-corrected chi connectivity index (χ1v) is 8.07. The maximum Gasteiger partial charge on any atom is 0.272 e. The van der Waals surface area contributed by atoms with E-state index in [1.807, 2.05) is 36.4 Å². The maximum absolute atomic E-state index is 11.0. The largest absolute Gasteiger partial charge is 0.436 e. The molecule has 4 aromatic rings. The van der Waals surface area contributed by atoms with E-state index < -0.39 is 4.92 Å². The highest BCUT2D eigenvalue weighted by atomic mass is 79.9. The minimum absolute atomic E-state index is 0.0144. The molecule has 0 fully saturated rings. The van der Waals surface area contributed by atoms with E-state index in [0.29, 0.717) is 22.6 Å². The Labute approximate surface area is 145 Å². The van der Waals surface area contributed by atoms with Crippen LogP contribution >= 0.6 is 15.9 Å². The van der Waals surface area contributed by atoms with E-state index >= 15 is 0 Å². The van der Waals surface area contributed by atoms with Gasteiger partial charge in [0.2, 0.25) is 5.89 Å².